The van der Waals surface area contributed by atoms with Gasteiger partial charge in [-0.25, -0.2) is 4.98 Å². The zero-order valence-corrected chi connectivity index (χ0v) is 16.4. The molecule has 3 atom stereocenters. The SMILES string of the molecule is O=C(C1CCCC2CNNC21)N1CCN(Cc2nc3ccccc3s2)CC1. The van der Waals surface area contributed by atoms with Crippen LogP contribution in [0, 0.1) is 11.8 Å². The topological polar surface area (TPSA) is 60.5 Å². The van der Waals surface area contributed by atoms with Crippen LogP contribution in [0.1, 0.15) is 24.3 Å². The van der Waals surface area contributed by atoms with Gasteiger partial charge in [0.05, 0.1) is 22.7 Å². The van der Waals surface area contributed by atoms with Crippen LogP contribution in [0.4, 0.5) is 0 Å². The number of amides is 1. The van der Waals surface area contributed by atoms with Gasteiger partial charge in [-0.15, -0.1) is 11.3 Å². The lowest BCUT2D eigenvalue weighted by Crippen LogP contribution is -2.54. The van der Waals surface area contributed by atoms with Crippen molar-refractivity contribution in [1.82, 2.24) is 25.6 Å². The first-order valence-corrected chi connectivity index (χ1v) is 10.9. The molecule has 144 valence electrons. The first-order chi connectivity index (χ1) is 13.3. The number of fused-ring (bicyclic) bond motifs is 2. The minimum atomic E-state index is 0.148. The van der Waals surface area contributed by atoms with Crippen LogP contribution in [-0.2, 0) is 11.3 Å². The Balaban J connectivity index is 1.18. The molecule has 1 amide bonds. The fraction of sp³-hybridized carbons (Fsp3) is 0.600. The standard InChI is InChI=1S/C20H27N5OS/c26-20(15-5-3-4-14-12-21-23-19(14)15)25-10-8-24(9-11-25)13-18-22-16-6-1-2-7-17(16)27-18/h1-2,6-7,14-15,19,21,23H,3-5,8-13H2. The van der Waals surface area contributed by atoms with E-state index in [-0.39, 0.29) is 5.92 Å². The number of rotatable bonds is 3. The van der Waals surface area contributed by atoms with Crippen LogP contribution in [-0.4, -0.2) is 59.5 Å². The summed E-state index contributed by atoms with van der Waals surface area (Å²) in [5.41, 5.74) is 7.72. The summed E-state index contributed by atoms with van der Waals surface area (Å²) >= 11 is 1.78. The van der Waals surface area contributed by atoms with Gasteiger partial charge in [-0.1, -0.05) is 18.6 Å². The number of piperazine rings is 1. The highest BCUT2D eigenvalue weighted by Gasteiger charge is 2.42. The lowest BCUT2D eigenvalue weighted by molar-refractivity contribution is -0.139. The van der Waals surface area contributed by atoms with E-state index in [0.29, 0.717) is 17.9 Å². The predicted molar refractivity (Wildman–Crippen MR) is 107 cm³/mol. The summed E-state index contributed by atoms with van der Waals surface area (Å²) in [6.07, 6.45) is 3.45. The van der Waals surface area contributed by atoms with Gasteiger partial charge in [0.15, 0.2) is 0 Å². The van der Waals surface area contributed by atoms with Gasteiger partial charge in [-0.3, -0.25) is 20.5 Å². The molecule has 1 aliphatic carbocycles. The highest BCUT2D eigenvalue weighted by atomic mass is 32.1. The molecule has 2 N–H and O–H groups in total. The van der Waals surface area contributed by atoms with Crippen molar-refractivity contribution in [2.75, 3.05) is 32.7 Å². The molecule has 0 spiro atoms. The third-order valence-electron chi connectivity index (χ3n) is 6.36. The number of nitrogens with one attached hydrogen (secondary N) is 2. The van der Waals surface area contributed by atoms with Crippen LogP contribution in [0.5, 0.6) is 0 Å². The predicted octanol–water partition coefficient (Wildman–Crippen LogP) is 1.83. The average Bonchev–Trinajstić information content (AvgIpc) is 3.34. The molecule has 2 saturated heterocycles. The summed E-state index contributed by atoms with van der Waals surface area (Å²) in [6, 6.07) is 8.65. The molecule has 3 aliphatic rings. The highest BCUT2D eigenvalue weighted by molar-refractivity contribution is 7.18. The van der Waals surface area contributed by atoms with Gasteiger partial charge in [0.25, 0.3) is 0 Å². The van der Waals surface area contributed by atoms with Gasteiger partial charge < -0.3 is 4.90 Å². The number of para-hydroxylation sites is 1. The van der Waals surface area contributed by atoms with E-state index < -0.39 is 0 Å². The molecule has 1 aromatic heterocycles. The zero-order valence-electron chi connectivity index (χ0n) is 15.6. The molecule has 2 aliphatic heterocycles. The monoisotopic (exact) mass is 385 g/mol. The van der Waals surface area contributed by atoms with Crippen LogP contribution in [0.15, 0.2) is 24.3 Å². The van der Waals surface area contributed by atoms with E-state index in [1.807, 2.05) is 6.07 Å². The second kappa shape index (κ2) is 7.47. The molecule has 0 bridgehead atoms. The van der Waals surface area contributed by atoms with Crippen molar-refractivity contribution < 1.29 is 4.79 Å². The molecule has 2 aromatic rings. The van der Waals surface area contributed by atoms with E-state index in [2.05, 4.69) is 38.9 Å². The molecule has 3 unspecified atom stereocenters. The van der Waals surface area contributed by atoms with Gasteiger partial charge in [-0.05, 0) is 30.9 Å². The van der Waals surface area contributed by atoms with Gasteiger partial charge in [0.2, 0.25) is 5.91 Å². The van der Waals surface area contributed by atoms with Crippen molar-refractivity contribution in [2.45, 2.75) is 31.8 Å². The molecular formula is C20H27N5OS. The molecular weight excluding hydrogens is 358 g/mol. The molecule has 3 heterocycles. The lowest BCUT2D eigenvalue weighted by atomic mass is 9.77. The largest absolute Gasteiger partial charge is 0.340 e. The number of thiazole rings is 1. The van der Waals surface area contributed by atoms with Crippen LogP contribution < -0.4 is 10.9 Å². The Hall–Kier alpha value is -1.54. The summed E-state index contributed by atoms with van der Waals surface area (Å²) in [5, 5.41) is 1.17. The maximum atomic E-state index is 13.1. The number of aromatic nitrogens is 1. The third kappa shape index (κ3) is 3.49. The lowest BCUT2D eigenvalue weighted by Gasteiger charge is -2.39. The van der Waals surface area contributed by atoms with Gasteiger partial charge in [-0.2, -0.15) is 0 Å². The number of nitrogens with zero attached hydrogens (tertiary/aromatic N) is 3. The van der Waals surface area contributed by atoms with E-state index in [1.165, 1.54) is 22.5 Å². The Morgan fingerprint density at radius 3 is 2.89 bits per heavy atom. The first-order valence-electron chi connectivity index (χ1n) is 10.1. The smallest absolute Gasteiger partial charge is 0.227 e. The van der Waals surface area contributed by atoms with Crippen molar-refractivity contribution in [3.05, 3.63) is 29.3 Å². The number of carbonyl (C=O) groups excluding carboxylic acids is 1. The molecule has 6 nitrogen and oxygen atoms in total. The van der Waals surface area contributed by atoms with E-state index in [9.17, 15) is 4.79 Å². The molecule has 1 saturated carbocycles. The number of hydrogen-bond acceptors (Lipinski definition) is 6. The van der Waals surface area contributed by atoms with Gasteiger partial charge >= 0.3 is 0 Å². The second-order valence-corrected chi connectivity index (χ2v) is 9.14. The fourth-order valence-corrected chi connectivity index (χ4v) is 5.87. The molecule has 0 radical (unpaired) electrons. The Kier molecular flexibility index (Phi) is 4.85. The van der Waals surface area contributed by atoms with Crippen LogP contribution >= 0.6 is 11.3 Å². The summed E-state index contributed by atoms with van der Waals surface area (Å²) in [5.74, 6) is 1.13. The Morgan fingerprint density at radius 1 is 1.19 bits per heavy atom. The maximum absolute atomic E-state index is 13.1. The summed E-state index contributed by atoms with van der Waals surface area (Å²) in [4.78, 5) is 22.4. The van der Waals surface area contributed by atoms with Crippen molar-refractivity contribution in [2.24, 2.45) is 11.8 Å². The first kappa shape index (κ1) is 17.6. The van der Waals surface area contributed by atoms with Crippen LogP contribution in [0.2, 0.25) is 0 Å². The van der Waals surface area contributed by atoms with E-state index in [1.54, 1.807) is 11.3 Å². The zero-order chi connectivity index (χ0) is 18.2. The third-order valence-corrected chi connectivity index (χ3v) is 7.38. The molecule has 1 aromatic carbocycles. The van der Waals surface area contributed by atoms with E-state index >= 15 is 0 Å². The second-order valence-electron chi connectivity index (χ2n) is 8.03. The van der Waals surface area contributed by atoms with Crippen molar-refractivity contribution in [1.29, 1.82) is 0 Å². The molecule has 7 heteroatoms. The molecule has 5 rings (SSSR count). The quantitative estimate of drug-likeness (QED) is 0.844. The number of carbonyl (C=O) groups is 1. The maximum Gasteiger partial charge on any atom is 0.227 e. The number of benzene rings is 1. The highest BCUT2D eigenvalue weighted by Crippen LogP contribution is 2.32. The number of hydrazine groups is 1. The minimum Gasteiger partial charge on any atom is -0.340 e. The average molecular weight is 386 g/mol. The summed E-state index contributed by atoms with van der Waals surface area (Å²) in [7, 11) is 0. The van der Waals surface area contributed by atoms with Crippen LogP contribution in [0.25, 0.3) is 10.2 Å². The summed E-state index contributed by atoms with van der Waals surface area (Å²) < 4.78 is 1.26. The fourth-order valence-electron chi connectivity index (χ4n) is 4.86. The van der Waals surface area contributed by atoms with Gasteiger partial charge in [0.1, 0.15) is 5.01 Å². The van der Waals surface area contributed by atoms with Crippen molar-refractivity contribution in [3.8, 4) is 0 Å². The van der Waals surface area contributed by atoms with E-state index in [4.69, 9.17) is 4.98 Å². The Bertz CT molecular complexity index is 783. The van der Waals surface area contributed by atoms with Crippen LogP contribution in [0.3, 0.4) is 0 Å². The summed E-state index contributed by atoms with van der Waals surface area (Å²) in [6.45, 7) is 5.45. The van der Waals surface area contributed by atoms with Crippen molar-refractivity contribution in [3.63, 3.8) is 0 Å². The van der Waals surface area contributed by atoms with Gasteiger partial charge in [0, 0.05) is 38.8 Å². The normalized spacial score (nSPS) is 29.2. The Labute approximate surface area is 163 Å². The minimum absolute atomic E-state index is 0.148. The molecule has 27 heavy (non-hydrogen) atoms. The Morgan fingerprint density at radius 2 is 2.04 bits per heavy atom. The van der Waals surface area contributed by atoms with E-state index in [0.717, 1.165) is 51.2 Å². The molecule has 3 fully saturated rings. The van der Waals surface area contributed by atoms with Crippen molar-refractivity contribution >= 4 is 27.5 Å². The number of hydrogen-bond donors (Lipinski definition) is 2.